The van der Waals surface area contributed by atoms with Gasteiger partial charge in [-0.2, -0.15) is 0 Å². The number of nitrogens with one attached hydrogen (secondary N) is 1. The molecule has 1 atom stereocenters. The lowest BCUT2D eigenvalue weighted by Crippen LogP contribution is -2.52. The summed E-state index contributed by atoms with van der Waals surface area (Å²) in [6, 6.07) is 8.77. The Balaban J connectivity index is 0.00000176. The largest absolute Gasteiger partial charge is 0.339 e. The van der Waals surface area contributed by atoms with E-state index in [9.17, 15) is 4.79 Å². The lowest BCUT2D eigenvalue weighted by molar-refractivity contribution is -0.134. The van der Waals surface area contributed by atoms with E-state index in [1.807, 2.05) is 4.90 Å². The second kappa shape index (κ2) is 7.95. The molecule has 1 aromatic carbocycles. The van der Waals surface area contributed by atoms with Gasteiger partial charge in [0.25, 0.3) is 0 Å². The van der Waals surface area contributed by atoms with Crippen molar-refractivity contribution < 1.29 is 4.79 Å². The van der Waals surface area contributed by atoms with Crippen LogP contribution in [0.5, 0.6) is 0 Å². The third-order valence-electron chi connectivity index (χ3n) is 4.53. The number of rotatable bonds is 3. The summed E-state index contributed by atoms with van der Waals surface area (Å²) in [5.41, 5.74) is 2.68. The Bertz CT molecular complexity index is 494. The molecule has 0 aromatic heterocycles. The zero-order valence-electron chi connectivity index (χ0n) is 13.3. The predicted molar refractivity (Wildman–Crippen MR) is 91.3 cm³/mol. The zero-order chi connectivity index (χ0) is 14.7. The van der Waals surface area contributed by atoms with E-state index in [0.29, 0.717) is 5.91 Å². The van der Waals surface area contributed by atoms with Crippen LogP contribution in [0.2, 0.25) is 0 Å². The van der Waals surface area contributed by atoms with Crippen LogP contribution in [0.3, 0.4) is 0 Å². The first-order chi connectivity index (χ1) is 10.2. The van der Waals surface area contributed by atoms with E-state index in [1.165, 1.54) is 11.1 Å². The van der Waals surface area contributed by atoms with Crippen molar-refractivity contribution in [2.24, 2.45) is 0 Å². The SMILES string of the molecule is Cc1cccc(CN2CCN(C(=O)C3CCCN3)CC2)c1.Cl. The van der Waals surface area contributed by atoms with E-state index in [-0.39, 0.29) is 18.4 Å². The smallest absolute Gasteiger partial charge is 0.239 e. The van der Waals surface area contributed by atoms with E-state index in [0.717, 1.165) is 52.1 Å². The summed E-state index contributed by atoms with van der Waals surface area (Å²) in [4.78, 5) is 16.8. The summed E-state index contributed by atoms with van der Waals surface area (Å²) >= 11 is 0. The maximum absolute atomic E-state index is 12.4. The van der Waals surface area contributed by atoms with Crippen LogP contribution in [-0.2, 0) is 11.3 Å². The van der Waals surface area contributed by atoms with Crippen molar-refractivity contribution in [3.8, 4) is 0 Å². The number of aryl methyl sites for hydroxylation is 1. The van der Waals surface area contributed by atoms with Gasteiger partial charge in [0.2, 0.25) is 5.91 Å². The minimum Gasteiger partial charge on any atom is -0.339 e. The number of hydrogen-bond acceptors (Lipinski definition) is 3. The first kappa shape index (κ1) is 17.3. The molecule has 1 aromatic rings. The van der Waals surface area contributed by atoms with Crippen LogP contribution in [0, 0.1) is 6.92 Å². The standard InChI is InChI=1S/C17H25N3O.ClH/c1-14-4-2-5-15(12-14)13-19-8-10-20(11-9-19)17(21)16-6-3-7-18-16;/h2,4-5,12,16,18H,3,6-11,13H2,1H3;1H. The molecule has 2 aliphatic rings. The first-order valence-corrected chi connectivity index (χ1v) is 8.02. The normalized spacial score (nSPS) is 22.4. The van der Waals surface area contributed by atoms with Crippen LogP contribution >= 0.6 is 12.4 Å². The molecule has 0 bridgehead atoms. The molecule has 4 nitrogen and oxygen atoms in total. The molecule has 2 heterocycles. The second-order valence-electron chi connectivity index (χ2n) is 6.24. The van der Waals surface area contributed by atoms with E-state index in [2.05, 4.69) is 41.4 Å². The van der Waals surface area contributed by atoms with Crippen LogP contribution < -0.4 is 5.32 Å². The topological polar surface area (TPSA) is 35.6 Å². The van der Waals surface area contributed by atoms with Crippen molar-refractivity contribution >= 4 is 18.3 Å². The zero-order valence-corrected chi connectivity index (χ0v) is 14.1. The van der Waals surface area contributed by atoms with Crippen LogP contribution in [0.15, 0.2) is 24.3 Å². The van der Waals surface area contributed by atoms with Crippen LogP contribution in [0.25, 0.3) is 0 Å². The molecule has 1 unspecified atom stereocenters. The Morgan fingerprint density at radius 1 is 1.27 bits per heavy atom. The lowest BCUT2D eigenvalue weighted by Gasteiger charge is -2.36. The number of amides is 1. The Hall–Kier alpha value is -1.10. The Morgan fingerprint density at radius 3 is 2.68 bits per heavy atom. The molecule has 22 heavy (non-hydrogen) atoms. The summed E-state index contributed by atoms with van der Waals surface area (Å²) in [5, 5.41) is 3.31. The van der Waals surface area contributed by atoms with Gasteiger partial charge >= 0.3 is 0 Å². The third-order valence-corrected chi connectivity index (χ3v) is 4.53. The molecular formula is C17H26ClN3O. The minimum atomic E-state index is 0. The van der Waals surface area contributed by atoms with Crippen molar-refractivity contribution in [2.75, 3.05) is 32.7 Å². The average Bonchev–Trinajstić information content (AvgIpc) is 3.01. The number of hydrogen-bond donors (Lipinski definition) is 1. The number of nitrogens with zero attached hydrogens (tertiary/aromatic N) is 2. The van der Waals surface area contributed by atoms with Gasteiger partial charge in [-0.05, 0) is 31.9 Å². The summed E-state index contributed by atoms with van der Waals surface area (Å²) in [7, 11) is 0. The molecule has 122 valence electrons. The molecule has 0 spiro atoms. The maximum Gasteiger partial charge on any atom is 0.239 e. The molecule has 1 N–H and O–H groups in total. The van der Waals surface area contributed by atoms with Gasteiger partial charge in [0, 0.05) is 32.7 Å². The van der Waals surface area contributed by atoms with Gasteiger partial charge in [0.1, 0.15) is 0 Å². The third kappa shape index (κ3) is 4.22. The van der Waals surface area contributed by atoms with E-state index >= 15 is 0 Å². The highest BCUT2D eigenvalue weighted by atomic mass is 35.5. The predicted octanol–water partition coefficient (Wildman–Crippen LogP) is 1.81. The fraction of sp³-hybridized carbons (Fsp3) is 0.588. The van der Waals surface area contributed by atoms with Crippen molar-refractivity contribution in [1.82, 2.24) is 15.1 Å². The van der Waals surface area contributed by atoms with Crippen LogP contribution in [0.4, 0.5) is 0 Å². The molecule has 0 aliphatic carbocycles. The molecular weight excluding hydrogens is 298 g/mol. The Kier molecular flexibility index (Phi) is 6.24. The van der Waals surface area contributed by atoms with Gasteiger partial charge in [-0.15, -0.1) is 12.4 Å². The summed E-state index contributed by atoms with van der Waals surface area (Å²) in [6.07, 6.45) is 2.13. The molecule has 3 rings (SSSR count). The quantitative estimate of drug-likeness (QED) is 0.921. The van der Waals surface area contributed by atoms with Crippen LogP contribution in [-0.4, -0.2) is 54.5 Å². The Labute approximate surface area is 139 Å². The molecule has 5 heteroatoms. The number of carbonyl (C=O) groups excluding carboxylic acids is 1. The van der Waals surface area contributed by atoms with Gasteiger partial charge in [0.05, 0.1) is 6.04 Å². The van der Waals surface area contributed by atoms with Crippen molar-refractivity contribution in [3.63, 3.8) is 0 Å². The summed E-state index contributed by atoms with van der Waals surface area (Å²) in [6.45, 7) is 7.80. The van der Waals surface area contributed by atoms with Crippen molar-refractivity contribution in [2.45, 2.75) is 32.4 Å². The number of piperazine rings is 1. The number of carbonyl (C=O) groups is 1. The van der Waals surface area contributed by atoms with Gasteiger partial charge < -0.3 is 10.2 Å². The fourth-order valence-electron chi connectivity index (χ4n) is 3.31. The highest BCUT2D eigenvalue weighted by molar-refractivity contribution is 5.85. The van der Waals surface area contributed by atoms with E-state index < -0.39 is 0 Å². The average molecular weight is 324 g/mol. The minimum absolute atomic E-state index is 0. The highest BCUT2D eigenvalue weighted by Gasteiger charge is 2.29. The number of benzene rings is 1. The highest BCUT2D eigenvalue weighted by Crippen LogP contribution is 2.13. The molecule has 0 radical (unpaired) electrons. The van der Waals surface area contributed by atoms with Gasteiger partial charge in [-0.25, -0.2) is 0 Å². The number of halogens is 1. The Morgan fingerprint density at radius 2 is 2.05 bits per heavy atom. The van der Waals surface area contributed by atoms with E-state index in [1.54, 1.807) is 0 Å². The van der Waals surface area contributed by atoms with E-state index in [4.69, 9.17) is 0 Å². The molecule has 2 aliphatic heterocycles. The summed E-state index contributed by atoms with van der Waals surface area (Å²) in [5.74, 6) is 0.308. The van der Waals surface area contributed by atoms with Gasteiger partial charge in [-0.1, -0.05) is 29.8 Å². The molecule has 2 fully saturated rings. The van der Waals surface area contributed by atoms with Crippen LogP contribution in [0.1, 0.15) is 24.0 Å². The first-order valence-electron chi connectivity index (χ1n) is 8.02. The lowest BCUT2D eigenvalue weighted by atomic mass is 10.1. The maximum atomic E-state index is 12.4. The fourth-order valence-corrected chi connectivity index (χ4v) is 3.31. The van der Waals surface area contributed by atoms with Crippen molar-refractivity contribution in [3.05, 3.63) is 35.4 Å². The van der Waals surface area contributed by atoms with Gasteiger partial charge in [0.15, 0.2) is 0 Å². The van der Waals surface area contributed by atoms with Gasteiger partial charge in [-0.3, -0.25) is 9.69 Å². The monoisotopic (exact) mass is 323 g/mol. The summed E-state index contributed by atoms with van der Waals surface area (Å²) < 4.78 is 0. The molecule has 1 amide bonds. The second-order valence-corrected chi connectivity index (χ2v) is 6.24. The molecule has 0 saturated carbocycles. The molecule has 2 saturated heterocycles. The van der Waals surface area contributed by atoms with Crippen molar-refractivity contribution in [1.29, 1.82) is 0 Å².